The molecule has 1 aliphatic rings. The minimum atomic E-state index is -3.25. The van der Waals surface area contributed by atoms with Crippen LogP contribution in [0.15, 0.2) is 58.2 Å². The molecule has 0 saturated carbocycles. The fourth-order valence-electron chi connectivity index (χ4n) is 4.25. The first-order valence-corrected chi connectivity index (χ1v) is 13.7. The lowest BCUT2D eigenvalue weighted by Gasteiger charge is -2.30. The minimum Gasteiger partial charge on any atom is -0.492 e. The summed E-state index contributed by atoms with van der Waals surface area (Å²) in [5.74, 6) is 2.92. The number of hydrogen-bond acceptors (Lipinski definition) is 8. The highest BCUT2D eigenvalue weighted by Crippen LogP contribution is 2.26. The van der Waals surface area contributed by atoms with E-state index in [1.807, 2.05) is 35.0 Å². The molecule has 10 heteroatoms. The number of hydrogen-bond donors (Lipinski definition) is 0. The Balaban J connectivity index is 1.17. The second kappa shape index (κ2) is 9.33. The van der Waals surface area contributed by atoms with E-state index in [-0.39, 0.29) is 5.92 Å². The average molecular weight is 496 g/mol. The van der Waals surface area contributed by atoms with Crippen LogP contribution in [0.25, 0.3) is 16.7 Å². The SMILES string of the molecule is CC(C)c1noc(N2CCC(COc3ccc(-n4ccc5cc(S(C)(=O)=O)ccc54)nc3)CC2)n1. The Morgan fingerprint density at radius 1 is 1.14 bits per heavy atom. The zero-order valence-electron chi connectivity index (χ0n) is 20.1. The second-order valence-electron chi connectivity index (χ2n) is 9.36. The summed E-state index contributed by atoms with van der Waals surface area (Å²) in [4.78, 5) is 11.5. The van der Waals surface area contributed by atoms with E-state index in [2.05, 4.69) is 33.9 Å². The summed E-state index contributed by atoms with van der Waals surface area (Å²) < 4.78 is 37.0. The number of benzene rings is 1. The third-order valence-corrected chi connectivity index (χ3v) is 7.49. The van der Waals surface area contributed by atoms with Crippen LogP contribution in [-0.2, 0) is 9.84 Å². The van der Waals surface area contributed by atoms with Gasteiger partial charge in [0.05, 0.1) is 23.2 Å². The summed E-state index contributed by atoms with van der Waals surface area (Å²) in [5.41, 5.74) is 0.895. The van der Waals surface area contributed by atoms with Crippen LogP contribution in [0.5, 0.6) is 5.75 Å². The van der Waals surface area contributed by atoms with Crippen molar-refractivity contribution in [3.05, 3.63) is 54.6 Å². The third-order valence-electron chi connectivity index (χ3n) is 6.38. The molecular formula is C25H29N5O4S. The first-order chi connectivity index (χ1) is 16.8. The number of rotatable bonds is 7. The van der Waals surface area contributed by atoms with Crippen LogP contribution in [-0.4, -0.2) is 54.1 Å². The lowest BCUT2D eigenvalue weighted by Crippen LogP contribution is -2.35. The van der Waals surface area contributed by atoms with Crippen LogP contribution >= 0.6 is 0 Å². The molecule has 4 aromatic rings. The minimum absolute atomic E-state index is 0.252. The van der Waals surface area contributed by atoms with Crippen molar-refractivity contribution in [3.63, 3.8) is 0 Å². The number of aromatic nitrogens is 4. The molecule has 4 heterocycles. The highest BCUT2D eigenvalue weighted by Gasteiger charge is 2.24. The van der Waals surface area contributed by atoms with E-state index in [9.17, 15) is 8.42 Å². The van der Waals surface area contributed by atoms with Gasteiger partial charge >= 0.3 is 6.01 Å². The van der Waals surface area contributed by atoms with Gasteiger partial charge in [0.1, 0.15) is 11.6 Å². The van der Waals surface area contributed by atoms with Gasteiger partial charge in [-0.05, 0) is 55.2 Å². The van der Waals surface area contributed by atoms with Gasteiger partial charge in [-0.15, -0.1) is 0 Å². The molecule has 1 aromatic carbocycles. The van der Waals surface area contributed by atoms with Gasteiger partial charge in [0.2, 0.25) is 0 Å². The normalized spacial score (nSPS) is 15.3. The fourth-order valence-corrected chi connectivity index (χ4v) is 4.90. The van der Waals surface area contributed by atoms with Crippen molar-refractivity contribution in [1.82, 2.24) is 19.7 Å². The number of sulfone groups is 1. The predicted octanol–water partition coefficient (Wildman–Crippen LogP) is 4.23. The van der Waals surface area contributed by atoms with Gasteiger partial charge in [-0.3, -0.25) is 0 Å². The van der Waals surface area contributed by atoms with Gasteiger partial charge in [0.15, 0.2) is 15.7 Å². The molecule has 0 amide bonds. The Hall–Kier alpha value is -3.40. The summed E-state index contributed by atoms with van der Waals surface area (Å²) >= 11 is 0. The maximum Gasteiger partial charge on any atom is 0.324 e. The number of pyridine rings is 1. The van der Waals surface area contributed by atoms with Crippen molar-refractivity contribution in [1.29, 1.82) is 0 Å². The van der Waals surface area contributed by atoms with Gasteiger partial charge in [-0.1, -0.05) is 19.0 Å². The Bertz CT molecular complexity index is 1420. The van der Waals surface area contributed by atoms with Crippen molar-refractivity contribution in [3.8, 4) is 11.6 Å². The molecule has 0 radical (unpaired) electrons. The van der Waals surface area contributed by atoms with Crippen molar-refractivity contribution in [2.45, 2.75) is 37.5 Å². The fraction of sp³-hybridized carbons (Fsp3) is 0.400. The molecule has 0 bridgehead atoms. The van der Waals surface area contributed by atoms with Gasteiger partial charge in [0.25, 0.3) is 0 Å². The first-order valence-electron chi connectivity index (χ1n) is 11.8. The number of piperidine rings is 1. The molecular weight excluding hydrogens is 466 g/mol. The summed E-state index contributed by atoms with van der Waals surface area (Å²) in [7, 11) is -3.25. The Morgan fingerprint density at radius 2 is 1.94 bits per heavy atom. The number of fused-ring (bicyclic) bond motifs is 1. The maximum absolute atomic E-state index is 11.8. The molecule has 3 aromatic heterocycles. The van der Waals surface area contributed by atoms with Gasteiger partial charge in [-0.25, -0.2) is 13.4 Å². The molecule has 1 saturated heterocycles. The highest BCUT2D eigenvalue weighted by molar-refractivity contribution is 7.90. The highest BCUT2D eigenvalue weighted by atomic mass is 32.2. The number of nitrogens with zero attached hydrogens (tertiary/aromatic N) is 5. The van der Waals surface area contributed by atoms with Crippen molar-refractivity contribution < 1.29 is 17.7 Å². The molecule has 0 atom stereocenters. The van der Waals surface area contributed by atoms with Crippen LogP contribution in [0, 0.1) is 5.92 Å². The smallest absolute Gasteiger partial charge is 0.324 e. The molecule has 5 rings (SSSR count). The Morgan fingerprint density at radius 3 is 2.60 bits per heavy atom. The molecule has 0 spiro atoms. The molecule has 0 unspecified atom stereocenters. The van der Waals surface area contributed by atoms with Crippen molar-refractivity contribution in [2.75, 3.05) is 30.9 Å². The van der Waals surface area contributed by atoms with Gasteiger partial charge < -0.3 is 18.7 Å². The van der Waals surface area contributed by atoms with E-state index >= 15 is 0 Å². The molecule has 0 aliphatic carbocycles. The Kier molecular flexibility index (Phi) is 6.22. The van der Waals surface area contributed by atoms with E-state index < -0.39 is 9.84 Å². The largest absolute Gasteiger partial charge is 0.492 e. The monoisotopic (exact) mass is 495 g/mol. The van der Waals surface area contributed by atoms with E-state index in [1.165, 1.54) is 6.26 Å². The van der Waals surface area contributed by atoms with Crippen LogP contribution < -0.4 is 9.64 Å². The van der Waals surface area contributed by atoms with E-state index in [4.69, 9.17) is 9.26 Å². The van der Waals surface area contributed by atoms with Crippen molar-refractivity contribution in [2.24, 2.45) is 5.92 Å². The standard InChI is InChI=1S/C25H29N5O4S/c1-17(2)24-27-25(34-28-24)29-11-8-18(9-12-29)16-33-20-4-7-23(26-15-20)30-13-10-19-14-21(35(3,31)32)5-6-22(19)30/h4-7,10,13-15,17-18H,8-9,11-12,16H2,1-3H3. The molecule has 0 N–H and O–H groups in total. The molecule has 184 valence electrons. The van der Waals surface area contributed by atoms with Crippen LogP contribution in [0.1, 0.15) is 38.4 Å². The third kappa shape index (κ3) is 5.02. The summed E-state index contributed by atoms with van der Waals surface area (Å²) in [6, 6.07) is 11.4. The van der Waals surface area contributed by atoms with Gasteiger partial charge in [0, 0.05) is 36.8 Å². The lowest BCUT2D eigenvalue weighted by atomic mass is 9.98. The predicted molar refractivity (Wildman–Crippen MR) is 133 cm³/mol. The van der Waals surface area contributed by atoms with E-state index in [1.54, 1.807) is 18.3 Å². The summed E-state index contributed by atoms with van der Waals surface area (Å²) in [6.07, 6.45) is 6.82. The zero-order valence-corrected chi connectivity index (χ0v) is 20.9. The quantitative estimate of drug-likeness (QED) is 0.375. The molecule has 1 fully saturated rings. The second-order valence-corrected chi connectivity index (χ2v) is 11.4. The summed E-state index contributed by atoms with van der Waals surface area (Å²) in [5, 5.41) is 4.91. The average Bonchev–Trinajstić information content (AvgIpc) is 3.50. The van der Waals surface area contributed by atoms with E-state index in [0.717, 1.165) is 54.2 Å². The number of anilines is 1. The molecule has 9 nitrogen and oxygen atoms in total. The van der Waals surface area contributed by atoms with E-state index in [0.29, 0.717) is 23.4 Å². The molecule has 1 aliphatic heterocycles. The first kappa shape index (κ1) is 23.3. The maximum atomic E-state index is 11.8. The molecule has 35 heavy (non-hydrogen) atoms. The zero-order chi connectivity index (χ0) is 24.6. The summed E-state index contributed by atoms with van der Waals surface area (Å²) in [6.45, 7) is 6.48. The lowest BCUT2D eigenvalue weighted by molar-refractivity contribution is 0.219. The topological polar surface area (TPSA) is 103 Å². The van der Waals surface area contributed by atoms with Crippen molar-refractivity contribution >= 4 is 26.8 Å². The van der Waals surface area contributed by atoms with Gasteiger partial charge in [-0.2, -0.15) is 4.98 Å². The number of ether oxygens (including phenoxy) is 1. The van der Waals surface area contributed by atoms with Crippen LogP contribution in [0.3, 0.4) is 0 Å². The Labute approximate surface area is 204 Å². The van der Waals surface area contributed by atoms with Crippen LogP contribution in [0.4, 0.5) is 6.01 Å². The van der Waals surface area contributed by atoms with Crippen LogP contribution in [0.2, 0.25) is 0 Å².